The summed E-state index contributed by atoms with van der Waals surface area (Å²) in [5, 5.41) is 11.8. The van der Waals surface area contributed by atoms with Crippen molar-refractivity contribution in [3.63, 3.8) is 0 Å². The minimum absolute atomic E-state index is 0.147. The lowest BCUT2D eigenvalue weighted by atomic mass is 9.48. The number of hydrazine groups is 1. The van der Waals surface area contributed by atoms with Crippen molar-refractivity contribution >= 4 is 62.4 Å². The highest BCUT2D eigenvalue weighted by Crippen LogP contribution is 2.42. The Labute approximate surface area is 260 Å². The zero-order chi connectivity index (χ0) is 30.1. The lowest BCUT2D eigenvalue weighted by Crippen LogP contribution is -2.53. The third-order valence-corrected chi connectivity index (χ3v) is 9.38. The number of hydrogen-bond donors (Lipinski definition) is 3. The fourth-order valence-electron chi connectivity index (χ4n) is 7.62. The van der Waals surface area contributed by atoms with Crippen molar-refractivity contribution in [2.24, 2.45) is 5.84 Å². The Hall–Kier alpha value is -5.85. The van der Waals surface area contributed by atoms with Crippen LogP contribution < -0.4 is 22.2 Å². The predicted molar refractivity (Wildman–Crippen MR) is 190 cm³/mol. The van der Waals surface area contributed by atoms with Crippen molar-refractivity contribution in [1.29, 1.82) is 5.41 Å². The van der Waals surface area contributed by atoms with Gasteiger partial charge in [0.2, 0.25) is 0 Å². The van der Waals surface area contributed by atoms with E-state index in [4.69, 9.17) is 11.3 Å². The molecule has 0 saturated carbocycles. The average molecular weight is 578 g/mol. The summed E-state index contributed by atoms with van der Waals surface area (Å²) in [6, 6.07) is 49.8. The van der Waals surface area contributed by atoms with Crippen LogP contribution in [0.1, 0.15) is 5.69 Å². The Morgan fingerprint density at radius 2 is 1.09 bits per heavy atom. The van der Waals surface area contributed by atoms with Crippen LogP contribution in [0.4, 0.5) is 5.69 Å². The zero-order valence-corrected chi connectivity index (χ0v) is 24.4. The van der Waals surface area contributed by atoms with Crippen LogP contribution >= 0.6 is 0 Å². The number of aromatic nitrogens is 2. The molecule has 0 radical (unpaired) electrons. The summed E-state index contributed by atoms with van der Waals surface area (Å²) in [5.74, 6) is 6.13. The molecule has 3 heterocycles. The minimum Gasteiger partial charge on any atom is -0.375 e. The van der Waals surface area contributed by atoms with E-state index in [0.29, 0.717) is 0 Å². The first-order valence-electron chi connectivity index (χ1n) is 15.2. The predicted octanol–water partition coefficient (Wildman–Crippen LogP) is 7.32. The van der Waals surface area contributed by atoms with E-state index < -0.39 is 0 Å². The Balaban J connectivity index is 1.52. The van der Waals surface area contributed by atoms with Gasteiger partial charge in [0.25, 0.3) is 0 Å². The van der Waals surface area contributed by atoms with Crippen molar-refractivity contribution in [3.8, 4) is 27.9 Å². The van der Waals surface area contributed by atoms with Gasteiger partial charge in [-0.3, -0.25) is 5.84 Å². The number of nitrogen functional groups attached to an aromatic ring is 1. The van der Waals surface area contributed by atoms with Gasteiger partial charge in [0.05, 0.1) is 16.9 Å². The molecule has 1 aliphatic rings. The summed E-state index contributed by atoms with van der Waals surface area (Å²) < 4.78 is 4.78. The second kappa shape index (κ2) is 9.84. The largest absolute Gasteiger partial charge is 0.375 e. The number of fused-ring (bicyclic) bond motifs is 5. The van der Waals surface area contributed by atoms with Gasteiger partial charge < -0.3 is 19.9 Å². The first-order valence-corrected chi connectivity index (χ1v) is 15.2. The fourth-order valence-corrected chi connectivity index (χ4v) is 7.62. The monoisotopic (exact) mass is 577 g/mol. The van der Waals surface area contributed by atoms with E-state index in [-0.39, 0.29) is 6.85 Å². The highest BCUT2D eigenvalue weighted by atomic mass is 15.2. The number of nitrogens with zero attached hydrogens (tertiary/aromatic N) is 2. The molecule has 1 aliphatic heterocycles. The van der Waals surface area contributed by atoms with Crippen molar-refractivity contribution in [3.05, 3.63) is 145 Å². The maximum absolute atomic E-state index is 8.41. The van der Waals surface area contributed by atoms with E-state index in [1.54, 1.807) is 0 Å². The van der Waals surface area contributed by atoms with Crippen molar-refractivity contribution in [2.45, 2.75) is 0 Å². The van der Waals surface area contributed by atoms with Crippen LogP contribution in [0.3, 0.4) is 0 Å². The molecule has 4 N–H and O–H groups in total. The molecular weight excluding hydrogens is 549 g/mol. The van der Waals surface area contributed by atoms with Crippen molar-refractivity contribution in [1.82, 2.24) is 9.05 Å². The molecule has 6 heteroatoms. The lowest BCUT2D eigenvalue weighted by molar-refractivity contribution is 1.11. The second-order valence-electron chi connectivity index (χ2n) is 11.6. The second-order valence-corrected chi connectivity index (χ2v) is 11.6. The molecule has 0 saturated heterocycles. The Kier molecular flexibility index (Phi) is 5.61. The molecule has 2 aromatic heterocycles. The van der Waals surface area contributed by atoms with E-state index in [2.05, 4.69) is 154 Å². The maximum atomic E-state index is 8.41. The quantitative estimate of drug-likeness (QED) is 0.0868. The molecule has 6 aromatic carbocycles. The smallest absolute Gasteiger partial charge is 0.332 e. The molecule has 8 aromatic rings. The van der Waals surface area contributed by atoms with E-state index in [1.807, 2.05) is 0 Å². The summed E-state index contributed by atoms with van der Waals surface area (Å²) in [6.07, 6.45) is 1.40. The van der Waals surface area contributed by atoms with Gasteiger partial charge in [0, 0.05) is 50.2 Å². The summed E-state index contributed by atoms with van der Waals surface area (Å²) >= 11 is 0. The van der Waals surface area contributed by atoms with Crippen LogP contribution in [0.15, 0.2) is 140 Å². The highest BCUT2D eigenvalue weighted by Gasteiger charge is 2.37. The first kappa shape index (κ1) is 25.6. The third-order valence-electron chi connectivity index (χ3n) is 9.38. The molecule has 212 valence electrons. The molecular formula is C39H28BN5. The number of nitrogens with two attached hydrogens (primary N) is 1. The van der Waals surface area contributed by atoms with Gasteiger partial charge in [-0.25, -0.2) is 0 Å². The lowest BCUT2D eigenvalue weighted by Gasteiger charge is -2.29. The van der Waals surface area contributed by atoms with E-state index in [0.717, 1.165) is 28.0 Å². The SMILES string of the molecule is N=Cc1c(NN)c2cccc3c2n1-c1ccccc1B3n1c2c(-c3ccccc3)cccc2c2cccc(-c3ccccc3)c21. The van der Waals surface area contributed by atoms with Gasteiger partial charge in [0.15, 0.2) is 0 Å². The zero-order valence-electron chi connectivity index (χ0n) is 24.4. The standard InChI is InChI=1S/C39H28BN5/c41-24-35-36(43-42)31-20-11-22-33-39(31)44(35)34-23-8-7-21-32(34)40(33)45-37-27(25-12-3-1-4-13-25)16-9-18-29(37)30-19-10-17-28(38(30)45)26-14-5-2-6-15-26/h1-24,41,43H,42H2. The Bertz CT molecular complexity index is 2340. The molecule has 0 aliphatic carbocycles. The molecule has 0 bridgehead atoms. The van der Waals surface area contributed by atoms with Gasteiger partial charge in [-0.05, 0) is 28.1 Å². The van der Waals surface area contributed by atoms with E-state index in [1.165, 1.54) is 61.2 Å². The van der Waals surface area contributed by atoms with Crippen molar-refractivity contribution in [2.75, 3.05) is 5.43 Å². The van der Waals surface area contributed by atoms with Gasteiger partial charge in [-0.1, -0.05) is 133 Å². The number of hydrogen-bond acceptors (Lipinski definition) is 3. The summed E-state index contributed by atoms with van der Waals surface area (Å²) in [7, 11) is 0. The Morgan fingerprint density at radius 1 is 0.556 bits per heavy atom. The molecule has 0 fully saturated rings. The third kappa shape index (κ3) is 3.51. The van der Waals surface area contributed by atoms with Crippen LogP contribution in [0.25, 0.3) is 60.6 Å². The molecule has 9 rings (SSSR count). The Morgan fingerprint density at radius 3 is 1.69 bits per heavy atom. The first-order chi connectivity index (χ1) is 22.3. The van der Waals surface area contributed by atoms with E-state index in [9.17, 15) is 0 Å². The average Bonchev–Trinajstić information content (AvgIpc) is 3.63. The van der Waals surface area contributed by atoms with Gasteiger partial charge in [-0.15, -0.1) is 0 Å². The number of nitrogens with one attached hydrogen (secondary N) is 2. The molecule has 0 atom stereocenters. The van der Waals surface area contributed by atoms with Gasteiger partial charge >= 0.3 is 6.85 Å². The van der Waals surface area contributed by atoms with E-state index >= 15 is 0 Å². The van der Waals surface area contributed by atoms with Crippen LogP contribution in [-0.2, 0) is 0 Å². The van der Waals surface area contributed by atoms with Crippen LogP contribution in [0.2, 0.25) is 0 Å². The summed E-state index contributed by atoms with van der Waals surface area (Å²) in [6.45, 7) is -0.147. The molecule has 0 spiro atoms. The number of benzene rings is 6. The maximum Gasteiger partial charge on any atom is 0.332 e. The topological polar surface area (TPSA) is 71.8 Å². The summed E-state index contributed by atoms with van der Waals surface area (Å²) in [5.41, 5.74) is 16.0. The van der Waals surface area contributed by atoms with Crippen LogP contribution in [0, 0.1) is 5.41 Å². The fraction of sp³-hybridized carbons (Fsp3) is 0. The molecule has 45 heavy (non-hydrogen) atoms. The minimum atomic E-state index is -0.147. The normalized spacial score (nSPS) is 12.2. The van der Waals surface area contributed by atoms with Crippen molar-refractivity contribution < 1.29 is 0 Å². The highest BCUT2D eigenvalue weighted by molar-refractivity contribution is 6.88. The number of para-hydroxylation sites is 4. The van der Waals surface area contributed by atoms with Crippen LogP contribution in [0.5, 0.6) is 0 Å². The van der Waals surface area contributed by atoms with Gasteiger partial charge in [-0.2, -0.15) is 0 Å². The van der Waals surface area contributed by atoms with Crippen LogP contribution in [-0.4, -0.2) is 22.1 Å². The molecule has 5 nitrogen and oxygen atoms in total. The summed E-state index contributed by atoms with van der Waals surface area (Å²) in [4.78, 5) is 0. The van der Waals surface area contributed by atoms with Gasteiger partial charge in [0.1, 0.15) is 0 Å². The molecule has 0 unspecified atom stereocenters. The molecule has 0 amide bonds. The number of rotatable bonds is 5. The number of anilines is 1.